The van der Waals surface area contributed by atoms with Gasteiger partial charge in [0.2, 0.25) is 0 Å². The first-order chi connectivity index (χ1) is 10.1. The van der Waals surface area contributed by atoms with Crippen LogP contribution in [0, 0.1) is 5.82 Å². The molecule has 1 nitrogen and oxygen atoms in total. The summed E-state index contributed by atoms with van der Waals surface area (Å²) in [6.07, 6.45) is 3.16. The predicted octanol–water partition coefficient (Wildman–Crippen LogP) is 6.48. The van der Waals surface area contributed by atoms with E-state index in [1.807, 2.05) is 18.2 Å². The lowest BCUT2D eigenvalue weighted by molar-refractivity contribution is 0.625. The molecule has 0 aliphatic rings. The molecule has 0 spiro atoms. The van der Waals surface area contributed by atoms with Crippen LogP contribution in [0.25, 0.3) is 0 Å². The molecule has 1 atom stereocenters. The zero-order valence-electron chi connectivity index (χ0n) is 11.9. The summed E-state index contributed by atoms with van der Waals surface area (Å²) in [5.41, 5.74) is 1.76. The second-order valence-corrected chi connectivity index (χ2v) is 5.81. The van der Waals surface area contributed by atoms with Crippen molar-refractivity contribution in [3.8, 4) is 0 Å². The first kappa shape index (κ1) is 16.1. The molecule has 0 saturated heterocycles. The van der Waals surface area contributed by atoms with E-state index in [-0.39, 0.29) is 6.04 Å². The molecule has 21 heavy (non-hydrogen) atoms. The molecule has 0 heterocycles. The Morgan fingerprint density at radius 3 is 2.29 bits per heavy atom. The number of anilines is 1. The van der Waals surface area contributed by atoms with Gasteiger partial charge in [0.1, 0.15) is 5.82 Å². The Labute approximate surface area is 135 Å². The van der Waals surface area contributed by atoms with Crippen molar-refractivity contribution in [2.45, 2.75) is 32.2 Å². The standard InChI is InChI=1S/C17H18Cl2FN/c1-2-3-9-16(12-7-5-4-6-8-12)21-17-14(18)10-13(20)11-15(17)19/h4-8,10-11,16,21H,2-3,9H2,1H3. The van der Waals surface area contributed by atoms with E-state index in [9.17, 15) is 4.39 Å². The van der Waals surface area contributed by atoms with E-state index in [4.69, 9.17) is 23.2 Å². The van der Waals surface area contributed by atoms with Crippen molar-refractivity contribution in [3.05, 3.63) is 63.9 Å². The Balaban J connectivity index is 2.27. The molecule has 0 bridgehead atoms. The summed E-state index contributed by atoms with van der Waals surface area (Å²) in [6, 6.07) is 12.8. The van der Waals surface area contributed by atoms with E-state index in [1.54, 1.807) is 0 Å². The number of hydrogen-bond donors (Lipinski definition) is 1. The normalized spacial score (nSPS) is 12.2. The Morgan fingerprint density at radius 1 is 1.10 bits per heavy atom. The van der Waals surface area contributed by atoms with Gasteiger partial charge in [0.15, 0.2) is 0 Å². The number of halogens is 3. The minimum atomic E-state index is -0.430. The molecule has 0 aromatic heterocycles. The predicted molar refractivity (Wildman–Crippen MR) is 88.8 cm³/mol. The van der Waals surface area contributed by atoms with Crippen molar-refractivity contribution < 1.29 is 4.39 Å². The molecule has 2 aromatic rings. The van der Waals surface area contributed by atoms with E-state index in [0.717, 1.165) is 19.3 Å². The molecule has 0 aliphatic carbocycles. The van der Waals surface area contributed by atoms with E-state index in [2.05, 4.69) is 24.4 Å². The van der Waals surface area contributed by atoms with Crippen LogP contribution in [-0.4, -0.2) is 0 Å². The smallest absolute Gasteiger partial charge is 0.126 e. The highest BCUT2D eigenvalue weighted by Gasteiger charge is 2.15. The third-order valence-corrected chi connectivity index (χ3v) is 3.97. The average molecular weight is 326 g/mol. The van der Waals surface area contributed by atoms with Crippen molar-refractivity contribution in [2.75, 3.05) is 5.32 Å². The van der Waals surface area contributed by atoms with E-state index >= 15 is 0 Å². The van der Waals surface area contributed by atoms with Gasteiger partial charge in [0.25, 0.3) is 0 Å². The molecule has 0 radical (unpaired) electrons. The second-order valence-electron chi connectivity index (χ2n) is 4.99. The van der Waals surface area contributed by atoms with E-state index in [0.29, 0.717) is 15.7 Å². The summed E-state index contributed by atoms with van der Waals surface area (Å²) < 4.78 is 13.3. The SMILES string of the molecule is CCCCC(Nc1c(Cl)cc(F)cc1Cl)c1ccccc1. The number of unbranched alkanes of at least 4 members (excludes halogenated alkanes) is 1. The van der Waals surface area contributed by atoms with Crippen molar-refractivity contribution in [2.24, 2.45) is 0 Å². The highest BCUT2D eigenvalue weighted by atomic mass is 35.5. The molecule has 0 aliphatic heterocycles. The van der Waals surface area contributed by atoms with Crippen LogP contribution in [0.2, 0.25) is 10.0 Å². The largest absolute Gasteiger partial charge is 0.376 e. The molecule has 2 rings (SSSR count). The van der Waals surface area contributed by atoms with Crippen molar-refractivity contribution in [3.63, 3.8) is 0 Å². The third kappa shape index (κ3) is 4.36. The van der Waals surface area contributed by atoms with Crippen LogP contribution < -0.4 is 5.32 Å². The fourth-order valence-electron chi connectivity index (χ4n) is 2.27. The highest BCUT2D eigenvalue weighted by molar-refractivity contribution is 6.39. The first-order valence-corrected chi connectivity index (χ1v) is 7.83. The first-order valence-electron chi connectivity index (χ1n) is 7.08. The molecule has 112 valence electrons. The Hall–Kier alpha value is -1.25. The lowest BCUT2D eigenvalue weighted by Gasteiger charge is -2.22. The van der Waals surface area contributed by atoms with Gasteiger partial charge in [-0.1, -0.05) is 73.3 Å². The molecule has 0 amide bonds. The van der Waals surface area contributed by atoms with E-state index < -0.39 is 5.82 Å². The minimum Gasteiger partial charge on any atom is -0.376 e. The Kier molecular flexibility index (Phi) is 5.89. The van der Waals surface area contributed by atoms with Crippen LogP contribution in [0.4, 0.5) is 10.1 Å². The van der Waals surface area contributed by atoms with Gasteiger partial charge in [-0.2, -0.15) is 0 Å². The van der Waals surface area contributed by atoms with Crippen molar-refractivity contribution in [1.82, 2.24) is 0 Å². The second kappa shape index (κ2) is 7.67. The van der Waals surface area contributed by atoms with Gasteiger partial charge in [0.05, 0.1) is 21.8 Å². The van der Waals surface area contributed by atoms with E-state index in [1.165, 1.54) is 17.7 Å². The summed E-state index contributed by atoms with van der Waals surface area (Å²) >= 11 is 12.2. The topological polar surface area (TPSA) is 12.0 Å². The number of rotatable bonds is 6. The summed E-state index contributed by atoms with van der Waals surface area (Å²) in [4.78, 5) is 0. The molecule has 4 heteroatoms. The maximum atomic E-state index is 13.3. The maximum Gasteiger partial charge on any atom is 0.126 e. The van der Waals surface area contributed by atoms with Gasteiger partial charge >= 0.3 is 0 Å². The van der Waals surface area contributed by atoms with Crippen molar-refractivity contribution in [1.29, 1.82) is 0 Å². The van der Waals surface area contributed by atoms with Gasteiger partial charge in [-0.15, -0.1) is 0 Å². The molecule has 2 aromatic carbocycles. The summed E-state index contributed by atoms with van der Waals surface area (Å²) in [5.74, 6) is -0.430. The minimum absolute atomic E-state index is 0.103. The number of hydrogen-bond acceptors (Lipinski definition) is 1. The van der Waals surface area contributed by atoms with Crippen LogP contribution in [0.3, 0.4) is 0 Å². The zero-order chi connectivity index (χ0) is 15.2. The lowest BCUT2D eigenvalue weighted by atomic mass is 10.0. The highest BCUT2D eigenvalue weighted by Crippen LogP contribution is 2.35. The van der Waals surface area contributed by atoms with Crippen LogP contribution in [0.5, 0.6) is 0 Å². The van der Waals surface area contributed by atoms with Crippen LogP contribution >= 0.6 is 23.2 Å². The van der Waals surface area contributed by atoms with Crippen LogP contribution in [-0.2, 0) is 0 Å². The number of benzene rings is 2. The van der Waals surface area contributed by atoms with Gasteiger partial charge in [-0.25, -0.2) is 4.39 Å². The monoisotopic (exact) mass is 325 g/mol. The Morgan fingerprint density at radius 2 is 1.71 bits per heavy atom. The molecule has 0 saturated carbocycles. The fraction of sp³-hybridized carbons (Fsp3) is 0.294. The van der Waals surface area contributed by atoms with Crippen LogP contribution in [0.1, 0.15) is 37.8 Å². The van der Waals surface area contributed by atoms with Gasteiger partial charge in [-0.3, -0.25) is 0 Å². The quantitative estimate of drug-likeness (QED) is 0.641. The third-order valence-electron chi connectivity index (χ3n) is 3.37. The van der Waals surface area contributed by atoms with Gasteiger partial charge in [0, 0.05) is 0 Å². The molecule has 0 fully saturated rings. The van der Waals surface area contributed by atoms with Gasteiger partial charge in [-0.05, 0) is 24.1 Å². The average Bonchev–Trinajstić information content (AvgIpc) is 2.46. The van der Waals surface area contributed by atoms with Crippen molar-refractivity contribution >= 4 is 28.9 Å². The summed E-state index contributed by atoms with van der Waals surface area (Å²) in [6.45, 7) is 2.15. The van der Waals surface area contributed by atoms with Crippen LogP contribution in [0.15, 0.2) is 42.5 Å². The molecular formula is C17H18Cl2FN. The maximum absolute atomic E-state index is 13.3. The molecule has 1 unspecified atom stereocenters. The molecular weight excluding hydrogens is 308 g/mol. The Bertz CT molecular complexity index is 564. The summed E-state index contributed by atoms with van der Waals surface area (Å²) in [7, 11) is 0. The lowest BCUT2D eigenvalue weighted by Crippen LogP contribution is -2.11. The molecule has 1 N–H and O–H groups in total. The van der Waals surface area contributed by atoms with Gasteiger partial charge < -0.3 is 5.32 Å². The summed E-state index contributed by atoms with van der Waals surface area (Å²) in [5, 5.41) is 3.97. The fourth-order valence-corrected chi connectivity index (χ4v) is 2.84. The zero-order valence-corrected chi connectivity index (χ0v) is 13.4. The number of nitrogens with one attached hydrogen (secondary N) is 1.